The van der Waals surface area contributed by atoms with E-state index in [1.807, 2.05) is 0 Å². The van der Waals surface area contributed by atoms with Crippen LogP contribution in [0.4, 0.5) is 34.1 Å². The molecule has 2 aliphatic rings. The third-order valence-corrected chi connectivity index (χ3v) is 14.3. The quantitative estimate of drug-likeness (QED) is 0.165. The van der Waals surface area contributed by atoms with Crippen molar-refractivity contribution in [2.45, 2.75) is 5.41 Å². The molecule has 308 valence electrons. The molecule has 1 spiro atoms. The van der Waals surface area contributed by atoms with E-state index in [0.29, 0.717) is 0 Å². The second kappa shape index (κ2) is 14.2. The Morgan fingerprint density at radius 3 is 1.17 bits per heavy atom. The summed E-state index contributed by atoms with van der Waals surface area (Å²) in [6, 6.07) is 92.0. The Morgan fingerprint density at radius 1 is 0.288 bits per heavy atom. The van der Waals surface area contributed by atoms with Crippen LogP contribution < -0.4 is 9.80 Å². The molecule has 2 heterocycles. The van der Waals surface area contributed by atoms with E-state index < -0.39 is 5.41 Å². The minimum absolute atomic E-state index is 0.735. The van der Waals surface area contributed by atoms with Gasteiger partial charge in [-0.25, -0.2) is 0 Å². The summed E-state index contributed by atoms with van der Waals surface area (Å²) in [5, 5.41) is 7.39. The summed E-state index contributed by atoms with van der Waals surface area (Å²) in [6.45, 7) is 0. The van der Waals surface area contributed by atoms with Gasteiger partial charge in [0.2, 0.25) is 0 Å². The van der Waals surface area contributed by atoms with Crippen molar-refractivity contribution in [3.8, 4) is 16.8 Å². The van der Waals surface area contributed by atoms with E-state index in [-0.39, 0.29) is 0 Å². The summed E-state index contributed by atoms with van der Waals surface area (Å²) < 4.78 is 2.54. The van der Waals surface area contributed by atoms with E-state index in [0.717, 1.165) is 34.1 Å². The normalized spacial score (nSPS) is 13.0. The number of aromatic nitrogens is 1. The van der Waals surface area contributed by atoms with E-state index in [1.54, 1.807) is 0 Å². The average Bonchev–Trinajstić information content (AvgIpc) is 3.88. The molecule has 0 bridgehead atoms. The highest BCUT2D eigenvalue weighted by Gasteiger charge is 2.53. The molecule has 66 heavy (non-hydrogen) atoms. The molecule has 12 aromatic rings. The number of nitrogens with zero attached hydrogens (tertiary/aromatic N) is 3. The fraction of sp³-hybridized carbons (Fsp3) is 0.0159. The number of hydrogen-bond acceptors (Lipinski definition) is 2. The molecule has 1 aromatic heterocycles. The number of rotatable bonds is 6. The second-order valence-electron chi connectivity index (χ2n) is 17.6. The molecule has 0 saturated carbocycles. The standard InChI is InChI=1S/C63H41N3/c1-5-22-42(23-6-1)64(43-24-7-2-8-25-43)58-40-54-60(49-33-15-13-30-46(49)58)61-50-34-16-14-31-47(50)59(65(44-26-9-3-10-27-44)45-28-11-4-12-29-45)41-55(61)63(54)52-36-18-20-39-57(52)66-56-38-19-17-32-48(56)51-35-21-37-53(63)62(51)66/h1-41H. The number of para-hydroxylation sites is 7. The van der Waals surface area contributed by atoms with Crippen LogP contribution in [-0.2, 0) is 5.41 Å². The zero-order chi connectivity index (χ0) is 43.3. The fourth-order valence-electron chi connectivity index (χ4n) is 11.8. The lowest BCUT2D eigenvalue weighted by Gasteiger charge is -2.40. The van der Waals surface area contributed by atoms with Crippen LogP contribution in [0.25, 0.3) is 60.2 Å². The lowest BCUT2D eigenvalue weighted by atomic mass is 9.65. The lowest BCUT2D eigenvalue weighted by molar-refractivity contribution is 0.749. The van der Waals surface area contributed by atoms with E-state index in [9.17, 15) is 0 Å². The van der Waals surface area contributed by atoms with Crippen molar-refractivity contribution in [2.24, 2.45) is 0 Å². The average molecular weight is 840 g/mol. The Kier molecular flexibility index (Phi) is 7.90. The maximum absolute atomic E-state index is 2.56. The van der Waals surface area contributed by atoms with Gasteiger partial charge in [0.25, 0.3) is 0 Å². The van der Waals surface area contributed by atoms with Crippen LogP contribution >= 0.6 is 0 Å². The summed E-state index contributed by atoms with van der Waals surface area (Å²) in [6.07, 6.45) is 0. The van der Waals surface area contributed by atoms with Gasteiger partial charge in [-0.3, -0.25) is 0 Å². The van der Waals surface area contributed by atoms with Gasteiger partial charge in [-0.2, -0.15) is 0 Å². The summed E-state index contributed by atoms with van der Waals surface area (Å²) in [5.41, 5.74) is 17.4. The van der Waals surface area contributed by atoms with Crippen molar-refractivity contribution in [1.82, 2.24) is 4.57 Å². The number of hydrogen-bond donors (Lipinski definition) is 0. The SMILES string of the molecule is c1ccc(N(c2ccccc2)c2cc3c(c4ccccc24)-c2c(cc(N(c4ccccc4)c4ccccc4)c4ccccc24)C32c3ccccc3-n3c4ccccc4c4cccc2c43)cc1. The Bertz CT molecular complexity index is 3620. The molecule has 0 saturated heterocycles. The molecule has 0 fully saturated rings. The zero-order valence-electron chi connectivity index (χ0n) is 36.0. The predicted octanol–water partition coefficient (Wildman–Crippen LogP) is 16.7. The first-order valence-electron chi connectivity index (χ1n) is 22.9. The fourth-order valence-corrected chi connectivity index (χ4v) is 11.8. The molecule has 3 nitrogen and oxygen atoms in total. The number of benzene rings is 11. The highest BCUT2D eigenvalue weighted by molar-refractivity contribution is 6.20. The lowest BCUT2D eigenvalue weighted by Crippen LogP contribution is -2.34. The van der Waals surface area contributed by atoms with Crippen molar-refractivity contribution < 1.29 is 0 Å². The van der Waals surface area contributed by atoms with Gasteiger partial charge in [0.05, 0.1) is 33.5 Å². The van der Waals surface area contributed by atoms with Crippen LogP contribution in [0, 0.1) is 0 Å². The van der Waals surface area contributed by atoms with Crippen LogP contribution in [0.1, 0.15) is 22.3 Å². The summed E-state index contributed by atoms with van der Waals surface area (Å²) in [5.74, 6) is 0. The van der Waals surface area contributed by atoms with Gasteiger partial charge in [-0.05, 0) is 117 Å². The molecule has 1 aliphatic heterocycles. The maximum atomic E-state index is 2.56. The van der Waals surface area contributed by atoms with E-state index >= 15 is 0 Å². The van der Waals surface area contributed by atoms with Crippen molar-refractivity contribution in [2.75, 3.05) is 9.80 Å². The molecular formula is C63H41N3. The molecule has 0 N–H and O–H groups in total. The zero-order valence-corrected chi connectivity index (χ0v) is 36.0. The van der Waals surface area contributed by atoms with Gasteiger partial charge >= 0.3 is 0 Å². The van der Waals surface area contributed by atoms with Crippen molar-refractivity contribution >= 4 is 77.5 Å². The van der Waals surface area contributed by atoms with Crippen LogP contribution in [0.15, 0.2) is 249 Å². The maximum Gasteiger partial charge on any atom is 0.0756 e. The van der Waals surface area contributed by atoms with E-state index in [2.05, 4.69) is 263 Å². The van der Waals surface area contributed by atoms with Gasteiger partial charge in [0.15, 0.2) is 0 Å². The summed E-state index contributed by atoms with van der Waals surface area (Å²) in [7, 11) is 0. The van der Waals surface area contributed by atoms with Crippen molar-refractivity contribution in [1.29, 1.82) is 0 Å². The van der Waals surface area contributed by atoms with Crippen molar-refractivity contribution in [3.05, 3.63) is 271 Å². The third kappa shape index (κ3) is 4.97. The molecule has 0 amide bonds. The van der Waals surface area contributed by atoms with Gasteiger partial charge < -0.3 is 14.4 Å². The number of fused-ring (bicyclic) bond motifs is 16. The summed E-state index contributed by atoms with van der Waals surface area (Å²) >= 11 is 0. The smallest absolute Gasteiger partial charge is 0.0756 e. The minimum Gasteiger partial charge on any atom is -0.310 e. The molecule has 11 aromatic carbocycles. The first kappa shape index (κ1) is 36.8. The highest BCUT2D eigenvalue weighted by atomic mass is 15.2. The first-order chi connectivity index (χ1) is 32.8. The monoisotopic (exact) mass is 839 g/mol. The molecule has 1 aliphatic carbocycles. The molecule has 0 radical (unpaired) electrons. The molecule has 14 rings (SSSR count). The predicted molar refractivity (Wildman–Crippen MR) is 276 cm³/mol. The molecule has 3 heteroatoms. The Hall–Kier alpha value is -8.66. The van der Waals surface area contributed by atoms with Crippen LogP contribution in [0.5, 0.6) is 0 Å². The first-order valence-corrected chi connectivity index (χ1v) is 22.9. The van der Waals surface area contributed by atoms with Gasteiger partial charge in [-0.1, -0.05) is 176 Å². The van der Waals surface area contributed by atoms with Crippen LogP contribution in [-0.4, -0.2) is 4.57 Å². The number of anilines is 6. The minimum atomic E-state index is -0.735. The van der Waals surface area contributed by atoms with Crippen LogP contribution in [0.3, 0.4) is 0 Å². The van der Waals surface area contributed by atoms with Gasteiger partial charge in [0, 0.05) is 44.3 Å². The van der Waals surface area contributed by atoms with Gasteiger partial charge in [0.1, 0.15) is 0 Å². The Balaban J connectivity index is 1.22. The van der Waals surface area contributed by atoms with E-state index in [4.69, 9.17) is 0 Å². The molecule has 0 atom stereocenters. The topological polar surface area (TPSA) is 11.4 Å². The van der Waals surface area contributed by atoms with E-state index in [1.165, 1.54) is 82.4 Å². The molecule has 0 unspecified atom stereocenters. The highest BCUT2D eigenvalue weighted by Crippen LogP contribution is 2.65. The largest absolute Gasteiger partial charge is 0.310 e. The second-order valence-corrected chi connectivity index (χ2v) is 17.6. The third-order valence-electron chi connectivity index (χ3n) is 14.3. The summed E-state index contributed by atoms with van der Waals surface area (Å²) in [4.78, 5) is 4.92. The Labute approximate surface area is 383 Å². The van der Waals surface area contributed by atoms with Crippen LogP contribution in [0.2, 0.25) is 0 Å². The molecular weight excluding hydrogens is 799 g/mol. The van der Waals surface area contributed by atoms with Gasteiger partial charge in [-0.15, -0.1) is 0 Å². The Morgan fingerprint density at radius 2 is 0.667 bits per heavy atom. The van der Waals surface area contributed by atoms with Crippen molar-refractivity contribution in [3.63, 3.8) is 0 Å².